The standard InChI is InChI=1S/C13H19ClN2.2ClH/c1-16(13-6-8-15-9-7-13)10-11-2-4-12(14)5-3-11;;/h2-5,13,15H,6-10H2,1H3;2*1H. The summed E-state index contributed by atoms with van der Waals surface area (Å²) in [5.74, 6) is 0. The lowest BCUT2D eigenvalue weighted by molar-refractivity contribution is 0.192. The molecular weight excluding hydrogens is 291 g/mol. The molecule has 1 N–H and O–H groups in total. The molecule has 1 aromatic carbocycles. The molecule has 5 heteroatoms. The van der Waals surface area contributed by atoms with Crippen molar-refractivity contribution in [2.75, 3.05) is 20.1 Å². The van der Waals surface area contributed by atoms with E-state index in [4.69, 9.17) is 11.6 Å². The van der Waals surface area contributed by atoms with Gasteiger partial charge in [0.05, 0.1) is 0 Å². The molecule has 0 atom stereocenters. The molecule has 0 saturated carbocycles. The molecule has 2 nitrogen and oxygen atoms in total. The Labute approximate surface area is 127 Å². The lowest BCUT2D eigenvalue weighted by Gasteiger charge is -2.31. The molecule has 1 saturated heterocycles. The minimum absolute atomic E-state index is 0. The minimum Gasteiger partial charge on any atom is -0.317 e. The number of hydrogen-bond donors (Lipinski definition) is 1. The van der Waals surface area contributed by atoms with E-state index in [0.29, 0.717) is 0 Å². The predicted molar refractivity (Wildman–Crippen MR) is 83.3 cm³/mol. The Bertz CT molecular complexity index is 324. The minimum atomic E-state index is 0. The Hall–Kier alpha value is 0.01000. The molecule has 0 radical (unpaired) electrons. The van der Waals surface area contributed by atoms with Gasteiger partial charge in [0.25, 0.3) is 0 Å². The summed E-state index contributed by atoms with van der Waals surface area (Å²) in [7, 11) is 2.21. The Morgan fingerprint density at radius 2 is 1.72 bits per heavy atom. The highest BCUT2D eigenvalue weighted by Gasteiger charge is 2.17. The zero-order chi connectivity index (χ0) is 11.4. The number of halogens is 3. The van der Waals surface area contributed by atoms with Crippen LogP contribution in [0.3, 0.4) is 0 Å². The van der Waals surface area contributed by atoms with Gasteiger partial charge in [-0.3, -0.25) is 4.90 Å². The van der Waals surface area contributed by atoms with Crippen LogP contribution in [0, 0.1) is 0 Å². The van der Waals surface area contributed by atoms with Crippen LogP contribution < -0.4 is 5.32 Å². The first-order valence-corrected chi connectivity index (χ1v) is 6.29. The average Bonchev–Trinajstić information content (AvgIpc) is 2.33. The van der Waals surface area contributed by atoms with Crippen molar-refractivity contribution in [2.24, 2.45) is 0 Å². The van der Waals surface area contributed by atoms with Gasteiger partial charge < -0.3 is 5.32 Å². The highest BCUT2D eigenvalue weighted by Crippen LogP contribution is 2.15. The van der Waals surface area contributed by atoms with E-state index in [0.717, 1.165) is 30.7 Å². The van der Waals surface area contributed by atoms with Gasteiger partial charge in [-0.15, -0.1) is 24.8 Å². The summed E-state index contributed by atoms with van der Waals surface area (Å²) in [4.78, 5) is 2.45. The Morgan fingerprint density at radius 3 is 2.28 bits per heavy atom. The van der Waals surface area contributed by atoms with Crippen molar-refractivity contribution in [3.8, 4) is 0 Å². The molecule has 2 rings (SSSR count). The summed E-state index contributed by atoms with van der Waals surface area (Å²) in [6.07, 6.45) is 2.51. The first-order chi connectivity index (χ1) is 7.75. The summed E-state index contributed by atoms with van der Waals surface area (Å²) >= 11 is 5.88. The molecular formula is C13H21Cl3N2. The van der Waals surface area contributed by atoms with Gasteiger partial charge in [-0.2, -0.15) is 0 Å². The second-order valence-electron chi connectivity index (χ2n) is 4.52. The van der Waals surface area contributed by atoms with Crippen molar-refractivity contribution in [1.29, 1.82) is 0 Å². The van der Waals surface area contributed by atoms with Gasteiger partial charge in [-0.1, -0.05) is 23.7 Å². The number of benzene rings is 1. The van der Waals surface area contributed by atoms with E-state index in [1.54, 1.807) is 0 Å². The van der Waals surface area contributed by atoms with Crippen LogP contribution in [-0.2, 0) is 6.54 Å². The maximum Gasteiger partial charge on any atom is 0.0406 e. The normalized spacial score (nSPS) is 15.9. The van der Waals surface area contributed by atoms with E-state index in [1.807, 2.05) is 12.1 Å². The van der Waals surface area contributed by atoms with E-state index in [2.05, 4.69) is 29.4 Å². The second-order valence-corrected chi connectivity index (χ2v) is 4.96. The third-order valence-corrected chi connectivity index (χ3v) is 3.53. The fraction of sp³-hybridized carbons (Fsp3) is 0.538. The average molecular weight is 312 g/mol. The van der Waals surface area contributed by atoms with Gasteiger partial charge in [-0.05, 0) is 50.7 Å². The number of nitrogens with one attached hydrogen (secondary N) is 1. The van der Waals surface area contributed by atoms with E-state index in [9.17, 15) is 0 Å². The number of rotatable bonds is 3. The maximum absolute atomic E-state index is 5.88. The van der Waals surface area contributed by atoms with Crippen LogP contribution in [0.1, 0.15) is 18.4 Å². The van der Waals surface area contributed by atoms with Crippen molar-refractivity contribution in [1.82, 2.24) is 10.2 Å². The van der Waals surface area contributed by atoms with Crippen molar-refractivity contribution >= 4 is 36.4 Å². The monoisotopic (exact) mass is 310 g/mol. The second kappa shape index (κ2) is 9.00. The van der Waals surface area contributed by atoms with Crippen LogP contribution in [-0.4, -0.2) is 31.1 Å². The van der Waals surface area contributed by atoms with Crippen molar-refractivity contribution in [2.45, 2.75) is 25.4 Å². The number of nitrogens with zero attached hydrogens (tertiary/aromatic N) is 1. The van der Waals surface area contributed by atoms with Crippen molar-refractivity contribution in [3.05, 3.63) is 34.9 Å². The summed E-state index contributed by atoms with van der Waals surface area (Å²) < 4.78 is 0. The van der Waals surface area contributed by atoms with Crippen LogP contribution in [0.4, 0.5) is 0 Å². The number of piperidine rings is 1. The quantitative estimate of drug-likeness (QED) is 0.921. The molecule has 1 aliphatic heterocycles. The molecule has 0 bridgehead atoms. The van der Waals surface area contributed by atoms with Gasteiger partial charge >= 0.3 is 0 Å². The maximum atomic E-state index is 5.88. The summed E-state index contributed by atoms with van der Waals surface area (Å²) in [6, 6.07) is 8.87. The van der Waals surface area contributed by atoms with Crippen LogP contribution in [0.5, 0.6) is 0 Å². The van der Waals surface area contributed by atoms with Crippen molar-refractivity contribution < 1.29 is 0 Å². The zero-order valence-electron chi connectivity index (χ0n) is 10.6. The predicted octanol–water partition coefficient (Wildman–Crippen LogP) is 3.37. The first-order valence-electron chi connectivity index (χ1n) is 5.91. The van der Waals surface area contributed by atoms with Crippen LogP contribution >= 0.6 is 36.4 Å². The fourth-order valence-electron chi connectivity index (χ4n) is 2.25. The molecule has 0 aromatic heterocycles. The molecule has 1 aromatic rings. The molecule has 1 fully saturated rings. The van der Waals surface area contributed by atoms with E-state index in [-0.39, 0.29) is 24.8 Å². The van der Waals surface area contributed by atoms with Crippen LogP contribution in [0.25, 0.3) is 0 Å². The summed E-state index contributed by atoms with van der Waals surface area (Å²) in [5.41, 5.74) is 1.34. The van der Waals surface area contributed by atoms with Gasteiger partial charge in [0, 0.05) is 17.6 Å². The Balaban J connectivity index is 0.00000144. The van der Waals surface area contributed by atoms with Gasteiger partial charge in [0.2, 0.25) is 0 Å². The topological polar surface area (TPSA) is 15.3 Å². The first kappa shape index (κ1) is 18.0. The highest BCUT2D eigenvalue weighted by atomic mass is 35.5. The number of hydrogen-bond acceptors (Lipinski definition) is 2. The Kier molecular flexibility index (Phi) is 9.01. The highest BCUT2D eigenvalue weighted by molar-refractivity contribution is 6.30. The SMILES string of the molecule is CN(Cc1ccc(Cl)cc1)C1CCNCC1.Cl.Cl. The third kappa shape index (κ3) is 5.33. The lowest BCUT2D eigenvalue weighted by Crippen LogP contribution is -2.40. The van der Waals surface area contributed by atoms with Gasteiger partial charge in [0.1, 0.15) is 0 Å². The molecule has 104 valence electrons. The largest absolute Gasteiger partial charge is 0.317 e. The molecule has 18 heavy (non-hydrogen) atoms. The fourth-order valence-corrected chi connectivity index (χ4v) is 2.38. The molecule has 0 unspecified atom stereocenters. The molecule has 0 spiro atoms. The smallest absolute Gasteiger partial charge is 0.0406 e. The summed E-state index contributed by atoms with van der Waals surface area (Å²) in [5, 5.41) is 4.21. The third-order valence-electron chi connectivity index (χ3n) is 3.28. The Morgan fingerprint density at radius 1 is 1.17 bits per heavy atom. The summed E-state index contributed by atoms with van der Waals surface area (Å²) in [6.45, 7) is 3.31. The van der Waals surface area contributed by atoms with E-state index in [1.165, 1.54) is 18.4 Å². The van der Waals surface area contributed by atoms with Crippen LogP contribution in [0.2, 0.25) is 5.02 Å². The van der Waals surface area contributed by atoms with E-state index < -0.39 is 0 Å². The van der Waals surface area contributed by atoms with Gasteiger partial charge in [-0.25, -0.2) is 0 Å². The molecule has 1 heterocycles. The molecule has 1 aliphatic rings. The zero-order valence-corrected chi connectivity index (χ0v) is 13.0. The van der Waals surface area contributed by atoms with Crippen molar-refractivity contribution in [3.63, 3.8) is 0 Å². The molecule has 0 aliphatic carbocycles. The molecule has 0 amide bonds. The lowest BCUT2D eigenvalue weighted by atomic mass is 10.0. The van der Waals surface area contributed by atoms with Gasteiger partial charge in [0.15, 0.2) is 0 Å². The van der Waals surface area contributed by atoms with Crippen LogP contribution in [0.15, 0.2) is 24.3 Å². The van der Waals surface area contributed by atoms with E-state index >= 15 is 0 Å².